The molecule has 0 N–H and O–H groups in total. The average molecular weight is 319 g/mol. The van der Waals surface area contributed by atoms with Crippen molar-refractivity contribution in [1.82, 2.24) is 24.8 Å². The van der Waals surface area contributed by atoms with Crippen molar-refractivity contribution in [2.24, 2.45) is 0 Å². The predicted molar refractivity (Wildman–Crippen MR) is 81.5 cm³/mol. The van der Waals surface area contributed by atoms with Crippen LogP contribution in [0.1, 0.15) is 20.9 Å². The second-order valence-corrected chi connectivity index (χ2v) is 6.44. The molecule has 3 rings (SSSR count). The highest BCUT2D eigenvalue weighted by Gasteiger charge is 2.24. The molecule has 1 aliphatic rings. The molecule has 2 aromatic rings. The van der Waals surface area contributed by atoms with Gasteiger partial charge in [0.25, 0.3) is 5.91 Å². The Hall–Kier alpha value is -2.22. The lowest BCUT2D eigenvalue weighted by atomic mass is 10.1. The monoisotopic (exact) mass is 319 g/mol. The van der Waals surface area contributed by atoms with E-state index in [0.29, 0.717) is 13.1 Å². The SMILES string of the molecule is CN(C)C(=O)Cn1cc(C(=O)N2CCc3sccc3C2)nn1. The first kappa shape index (κ1) is 14.7. The predicted octanol–water partition coefficient (Wildman–Crippen LogP) is 0.626. The molecule has 0 radical (unpaired) electrons. The summed E-state index contributed by atoms with van der Waals surface area (Å²) in [4.78, 5) is 28.7. The first-order valence-corrected chi connectivity index (χ1v) is 7.87. The molecule has 0 saturated heterocycles. The lowest BCUT2D eigenvalue weighted by molar-refractivity contribution is -0.129. The van der Waals surface area contributed by atoms with Crippen LogP contribution in [0.5, 0.6) is 0 Å². The second-order valence-electron chi connectivity index (χ2n) is 5.44. The van der Waals surface area contributed by atoms with Gasteiger partial charge in [-0.25, -0.2) is 4.68 Å². The second kappa shape index (κ2) is 5.88. The van der Waals surface area contributed by atoms with Crippen molar-refractivity contribution in [2.45, 2.75) is 19.5 Å². The van der Waals surface area contributed by atoms with Crippen molar-refractivity contribution >= 4 is 23.2 Å². The van der Waals surface area contributed by atoms with Crippen molar-refractivity contribution in [3.8, 4) is 0 Å². The molecule has 7 nitrogen and oxygen atoms in total. The summed E-state index contributed by atoms with van der Waals surface area (Å²) in [6, 6.07) is 2.06. The van der Waals surface area contributed by atoms with Gasteiger partial charge in [-0.1, -0.05) is 5.21 Å². The smallest absolute Gasteiger partial charge is 0.276 e. The van der Waals surface area contributed by atoms with E-state index in [1.165, 1.54) is 26.2 Å². The van der Waals surface area contributed by atoms with Crippen LogP contribution >= 0.6 is 11.3 Å². The van der Waals surface area contributed by atoms with Crippen LogP contribution in [-0.4, -0.2) is 57.2 Å². The highest BCUT2D eigenvalue weighted by Crippen LogP contribution is 2.24. The summed E-state index contributed by atoms with van der Waals surface area (Å²) >= 11 is 1.74. The zero-order chi connectivity index (χ0) is 15.7. The van der Waals surface area contributed by atoms with Crippen LogP contribution in [-0.2, 0) is 24.3 Å². The molecule has 0 spiro atoms. The van der Waals surface area contributed by atoms with E-state index in [-0.39, 0.29) is 24.1 Å². The molecule has 116 valence electrons. The van der Waals surface area contributed by atoms with Gasteiger partial charge in [-0.3, -0.25) is 9.59 Å². The topological polar surface area (TPSA) is 71.3 Å². The standard InChI is InChI=1S/C14H17N5O2S/c1-17(2)13(20)9-19-8-11(15-16-19)14(21)18-5-3-12-10(7-18)4-6-22-12/h4,6,8H,3,5,7,9H2,1-2H3. The molecule has 0 aromatic carbocycles. The lowest BCUT2D eigenvalue weighted by Crippen LogP contribution is -2.35. The van der Waals surface area contributed by atoms with Gasteiger partial charge in [0.15, 0.2) is 5.69 Å². The van der Waals surface area contributed by atoms with E-state index in [2.05, 4.69) is 21.8 Å². The molecule has 0 unspecified atom stereocenters. The van der Waals surface area contributed by atoms with Gasteiger partial charge in [-0.2, -0.15) is 0 Å². The fraction of sp³-hybridized carbons (Fsp3) is 0.429. The van der Waals surface area contributed by atoms with E-state index in [9.17, 15) is 9.59 Å². The van der Waals surface area contributed by atoms with E-state index >= 15 is 0 Å². The molecule has 0 atom stereocenters. The van der Waals surface area contributed by atoms with Crippen LogP contribution in [0.2, 0.25) is 0 Å². The number of likely N-dealkylation sites (N-methyl/N-ethyl adjacent to an activating group) is 1. The minimum atomic E-state index is -0.139. The van der Waals surface area contributed by atoms with Crippen molar-refractivity contribution in [3.63, 3.8) is 0 Å². The summed E-state index contributed by atoms with van der Waals surface area (Å²) in [6.45, 7) is 1.39. The zero-order valence-electron chi connectivity index (χ0n) is 12.5. The van der Waals surface area contributed by atoms with E-state index in [4.69, 9.17) is 0 Å². The zero-order valence-corrected chi connectivity index (χ0v) is 13.3. The summed E-state index contributed by atoms with van der Waals surface area (Å²) in [7, 11) is 3.36. The Balaban J connectivity index is 1.69. The molecular weight excluding hydrogens is 302 g/mol. The number of aromatic nitrogens is 3. The Morgan fingerprint density at radius 2 is 2.23 bits per heavy atom. The normalized spacial score (nSPS) is 13.8. The summed E-state index contributed by atoms with van der Waals surface area (Å²) in [6.07, 6.45) is 2.42. The Bertz CT molecular complexity index is 706. The maximum absolute atomic E-state index is 12.5. The molecule has 3 heterocycles. The third-order valence-electron chi connectivity index (χ3n) is 3.65. The van der Waals surface area contributed by atoms with Crippen LogP contribution in [0.3, 0.4) is 0 Å². The molecule has 22 heavy (non-hydrogen) atoms. The number of amides is 2. The van der Waals surface area contributed by atoms with Crippen molar-refractivity contribution in [2.75, 3.05) is 20.6 Å². The van der Waals surface area contributed by atoms with Crippen molar-refractivity contribution in [3.05, 3.63) is 33.8 Å². The quantitative estimate of drug-likeness (QED) is 0.832. The van der Waals surface area contributed by atoms with Crippen LogP contribution in [0.25, 0.3) is 0 Å². The van der Waals surface area contributed by atoms with Crippen LogP contribution in [0, 0.1) is 0 Å². The lowest BCUT2D eigenvalue weighted by Gasteiger charge is -2.26. The minimum Gasteiger partial charge on any atom is -0.347 e. The third-order valence-corrected chi connectivity index (χ3v) is 4.67. The first-order chi connectivity index (χ1) is 10.5. The van der Waals surface area contributed by atoms with Crippen molar-refractivity contribution < 1.29 is 9.59 Å². The Kier molecular flexibility index (Phi) is 3.93. The number of nitrogens with zero attached hydrogens (tertiary/aromatic N) is 5. The van der Waals surface area contributed by atoms with Crippen LogP contribution in [0.15, 0.2) is 17.6 Å². The van der Waals surface area contributed by atoms with E-state index < -0.39 is 0 Å². The van der Waals surface area contributed by atoms with E-state index in [0.717, 1.165) is 6.42 Å². The Morgan fingerprint density at radius 3 is 3.00 bits per heavy atom. The summed E-state index contributed by atoms with van der Waals surface area (Å²) in [5, 5.41) is 9.82. The van der Waals surface area contributed by atoms with E-state index in [1.807, 2.05) is 0 Å². The van der Waals surface area contributed by atoms with Gasteiger partial charge < -0.3 is 9.80 Å². The van der Waals surface area contributed by atoms with Gasteiger partial charge in [0.05, 0.1) is 6.20 Å². The molecule has 0 aliphatic carbocycles. The highest BCUT2D eigenvalue weighted by atomic mass is 32.1. The van der Waals surface area contributed by atoms with Crippen molar-refractivity contribution in [1.29, 1.82) is 0 Å². The summed E-state index contributed by atoms with van der Waals surface area (Å²) < 4.78 is 1.40. The minimum absolute atomic E-state index is 0.0853. The van der Waals surface area contributed by atoms with Crippen LogP contribution < -0.4 is 0 Å². The molecule has 1 aliphatic heterocycles. The maximum atomic E-state index is 12.5. The molecule has 0 fully saturated rings. The highest BCUT2D eigenvalue weighted by molar-refractivity contribution is 7.10. The molecular formula is C14H17N5O2S. The fourth-order valence-electron chi connectivity index (χ4n) is 2.34. The number of carbonyl (C=O) groups excluding carboxylic acids is 2. The number of carbonyl (C=O) groups is 2. The van der Waals surface area contributed by atoms with Crippen LogP contribution in [0.4, 0.5) is 0 Å². The van der Waals surface area contributed by atoms with Gasteiger partial charge in [-0.15, -0.1) is 16.4 Å². The summed E-state index contributed by atoms with van der Waals surface area (Å²) in [5.41, 5.74) is 1.49. The number of hydrogen-bond acceptors (Lipinski definition) is 5. The van der Waals surface area contributed by atoms with Gasteiger partial charge in [-0.05, 0) is 23.4 Å². The van der Waals surface area contributed by atoms with Gasteiger partial charge >= 0.3 is 0 Å². The Labute approximate surface area is 132 Å². The maximum Gasteiger partial charge on any atom is 0.276 e. The van der Waals surface area contributed by atoms with Gasteiger partial charge in [0, 0.05) is 32.1 Å². The fourth-order valence-corrected chi connectivity index (χ4v) is 3.23. The largest absolute Gasteiger partial charge is 0.347 e. The molecule has 2 aromatic heterocycles. The van der Waals surface area contributed by atoms with Gasteiger partial charge in [0.1, 0.15) is 6.54 Å². The third kappa shape index (κ3) is 2.87. The van der Waals surface area contributed by atoms with E-state index in [1.54, 1.807) is 30.3 Å². The number of hydrogen-bond donors (Lipinski definition) is 0. The number of fused-ring (bicyclic) bond motifs is 1. The van der Waals surface area contributed by atoms with Gasteiger partial charge in [0.2, 0.25) is 5.91 Å². The number of rotatable bonds is 3. The Morgan fingerprint density at radius 1 is 1.41 bits per heavy atom. The molecule has 8 heteroatoms. The molecule has 2 amide bonds. The average Bonchev–Trinajstić information content (AvgIpc) is 3.14. The first-order valence-electron chi connectivity index (χ1n) is 6.99. The summed E-state index contributed by atoms with van der Waals surface area (Å²) in [5.74, 6) is -0.231. The molecule has 0 bridgehead atoms. The molecule has 0 saturated carbocycles. The number of thiophene rings is 1.